The fourth-order valence-electron chi connectivity index (χ4n) is 1.86. The van der Waals surface area contributed by atoms with Crippen molar-refractivity contribution in [3.63, 3.8) is 0 Å². The van der Waals surface area contributed by atoms with E-state index in [0.29, 0.717) is 0 Å². The average molecular weight is 242 g/mol. The number of anilines is 1. The van der Waals surface area contributed by atoms with Crippen molar-refractivity contribution in [1.82, 2.24) is 0 Å². The maximum atomic E-state index is 13.2. The van der Waals surface area contributed by atoms with Crippen LogP contribution in [0.5, 0.6) is 5.75 Å². The molecule has 6 heteroatoms. The van der Waals surface area contributed by atoms with Gasteiger partial charge in [0.1, 0.15) is 5.75 Å². The van der Waals surface area contributed by atoms with Crippen LogP contribution in [0.4, 0.5) is 14.5 Å². The third kappa shape index (κ3) is 2.08. The second kappa shape index (κ2) is 4.29. The number of hydrogen-bond acceptors (Lipinski definition) is 3. The van der Waals surface area contributed by atoms with Crippen LogP contribution in [0, 0.1) is 11.6 Å². The summed E-state index contributed by atoms with van der Waals surface area (Å²) in [4.78, 5) is 12.9. The van der Waals surface area contributed by atoms with Gasteiger partial charge in [0.15, 0.2) is 11.6 Å². The van der Waals surface area contributed by atoms with Crippen LogP contribution in [0.3, 0.4) is 0 Å². The van der Waals surface area contributed by atoms with Crippen molar-refractivity contribution >= 4 is 11.6 Å². The monoisotopic (exact) mass is 242 g/mol. The Hall–Kier alpha value is -1.69. The molecule has 1 aromatic rings. The van der Waals surface area contributed by atoms with Gasteiger partial charge in [-0.3, -0.25) is 4.79 Å². The Kier molecular flexibility index (Phi) is 2.97. The molecule has 1 amide bonds. The fourth-order valence-corrected chi connectivity index (χ4v) is 1.86. The zero-order valence-corrected chi connectivity index (χ0v) is 9.24. The van der Waals surface area contributed by atoms with E-state index in [1.165, 1.54) is 12.0 Å². The van der Waals surface area contributed by atoms with Crippen LogP contribution in [0.1, 0.15) is 6.42 Å². The molecule has 0 spiro atoms. The Bertz CT molecular complexity index is 465. The predicted molar refractivity (Wildman–Crippen MR) is 57.9 cm³/mol. The number of carbonyl (C=O) groups excluding carboxylic acids is 1. The molecule has 1 atom stereocenters. The lowest BCUT2D eigenvalue weighted by molar-refractivity contribution is -0.117. The lowest BCUT2D eigenvalue weighted by atomic mass is 10.2. The van der Waals surface area contributed by atoms with Crippen molar-refractivity contribution in [3.8, 4) is 5.75 Å². The molecule has 92 valence electrons. The van der Waals surface area contributed by atoms with E-state index in [1.807, 2.05) is 0 Å². The first-order chi connectivity index (χ1) is 8.02. The Labute approximate surface area is 97.0 Å². The van der Waals surface area contributed by atoms with Gasteiger partial charge in [-0.1, -0.05) is 0 Å². The summed E-state index contributed by atoms with van der Waals surface area (Å²) in [6.07, 6.45) is 0.197. The first-order valence-corrected chi connectivity index (χ1v) is 5.12. The van der Waals surface area contributed by atoms with Gasteiger partial charge in [-0.05, 0) is 0 Å². The van der Waals surface area contributed by atoms with Crippen molar-refractivity contribution in [2.45, 2.75) is 12.5 Å². The largest absolute Gasteiger partial charge is 0.494 e. The number of hydrogen-bond donors (Lipinski definition) is 1. The van der Waals surface area contributed by atoms with E-state index in [-0.39, 0.29) is 36.4 Å². The van der Waals surface area contributed by atoms with E-state index in [1.54, 1.807) is 0 Å². The molecule has 2 rings (SSSR count). The van der Waals surface area contributed by atoms with Gasteiger partial charge in [0.2, 0.25) is 5.91 Å². The van der Waals surface area contributed by atoms with Crippen molar-refractivity contribution < 1.29 is 18.3 Å². The number of methoxy groups -OCH3 is 1. The number of rotatable bonds is 2. The van der Waals surface area contributed by atoms with Gasteiger partial charge in [0.25, 0.3) is 0 Å². The molecule has 0 saturated carbocycles. The molecule has 1 unspecified atom stereocenters. The number of nitrogens with zero attached hydrogens (tertiary/aromatic N) is 1. The van der Waals surface area contributed by atoms with Crippen molar-refractivity contribution in [2.24, 2.45) is 5.73 Å². The molecule has 4 nitrogen and oxygen atoms in total. The standard InChI is InChI=1S/C11H12F2N2O2/c1-17-10-4-8(13)7(12)3-9(10)15-5-6(14)2-11(15)16/h3-4,6H,2,5,14H2,1H3. The molecule has 0 aromatic heterocycles. The summed E-state index contributed by atoms with van der Waals surface area (Å²) >= 11 is 0. The predicted octanol–water partition coefficient (Wildman–Crippen LogP) is 1.04. The van der Waals surface area contributed by atoms with Gasteiger partial charge in [0.05, 0.1) is 12.8 Å². The molecule has 0 bridgehead atoms. The van der Waals surface area contributed by atoms with Crippen LogP contribution >= 0.6 is 0 Å². The normalized spacial score (nSPS) is 19.9. The minimum Gasteiger partial charge on any atom is -0.494 e. The van der Waals surface area contributed by atoms with Crippen LogP contribution in [-0.2, 0) is 4.79 Å². The highest BCUT2D eigenvalue weighted by Gasteiger charge is 2.30. The highest BCUT2D eigenvalue weighted by atomic mass is 19.2. The van der Waals surface area contributed by atoms with Gasteiger partial charge in [-0.2, -0.15) is 0 Å². The van der Waals surface area contributed by atoms with E-state index in [0.717, 1.165) is 12.1 Å². The van der Waals surface area contributed by atoms with E-state index < -0.39 is 11.6 Å². The zero-order chi connectivity index (χ0) is 12.6. The third-order valence-corrected chi connectivity index (χ3v) is 2.67. The smallest absolute Gasteiger partial charge is 0.228 e. The van der Waals surface area contributed by atoms with Crippen molar-refractivity contribution in [1.29, 1.82) is 0 Å². The summed E-state index contributed by atoms with van der Waals surface area (Å²) in [7, 11) is 1.33. The molecule has 1 fully saturated rings. The summed E-state index contributed by atoms with van der Waals surface area (Å²) in [5, 5.41) is 0. The highest BCUT2D eigenvalue weighted by molar-refractivity contribution is 5.97. The summed E-state index contributed by atoms with van der Waals surface area (Å²) in [6, 6.07) is 1.58. The van der Waals surface area contributed by atoms with Crippen LogP contribution in [0.25, 0.3) is 0 Å². The van der Waals surface area contributed by atoms with Gasteiger partial charge in [-0.25, -0.2) is 8.78 Å². The number of amides is 1. The fraction of sp³-hybridized carbons (Fsp3) is 0.364. The topological polar surface area (TPSA) is 55.6 Å². The van der Waals surface area contributed by atoms with E-state index >= 15 is 0 Å². The number of carbonyl (C=O) groups is 1. The number of benzene rings is 1. The minimum atomic E-state index is -1.02. The van der Waals surface area contributed by atoms with E-state index in [9.17, 15) is 13.6 Å². The second-order valence-electron chi connectivity index (χ2n) is 3.91. The van der Waals surface area contributed by atoms with Crippen LogP contribution in [-0.4, -0.2) is 25.6 Å². The number of halogens is 2. The maximum Gasteiger partial charge on any atom is 0.228 e. The molecule has 1 aliphatic rings. The quantitative estimate of drug-likeness (QED) is 0.843. The SMILES string of the molecule is COc1cc(F)c(F)cc1N1CC(N)CC1=O. The summed E-state index contributed by atoms with van der Waals surface area (Å²) in [5.74, 6) is -2.14. The molecule has 0 radical (unpaired) electrons. The molecule has 17 heavy (non-hydrogen) atoms. The number of ether oxygens (including phenoxy) is 1. The van der Waals surface area contributed by atoms with Gasteiger partial charge < -0.3 is 15.4 Å². The molecular weight excluding hydrogens is 230 g/mol. The first-order valence-electron chi connectivity index (χ1n) is 5.12. The molecule has 1 saturated heterocycles. The molecule has 1 aliphatic heterocycles. The summed E-state index contributed by atoms with van der Waals surface area (Å²) < 4.78 is 31.1. The lowest BCUT2D eigenvalue weighted by Gasteiger charge is -2.19. The van der Waals surface area contributed by atoms with Crippen molar-refractivity contribution in [2.75, 3.05) is 18.6 Å². The summed E-state index contributed by atoms with van der Waals surface area (Å²) in [5.41, 5.74) is 5.85. The third-order valence-electron chi connectivity index (χ3n) is 2.67. The molecule has 2 N–H and O–H groups in total. The van der Waals surface area contributed by atoms with Crippen LogP contribution < -0.4 is 15.4 Å². The molecular formula is C11H12F2N2O2. The Morgan fingerprint density at radius 2 is 2.06 bits per heavy atom. The minimum absolute atomic E-state index is 0.117. The van der Waals surface area contributed by atoms with Gasteiger partial charge in [-0.15, -0.1) is 0 Å². The van der Waals surface area contributed by atoms with Crippen molar-refractivity contribution in [3.05, 3.63) is 23.8 Å². The molecule has 1 aromatic carbocycles. The Morgan fingerprint density at radius 3 is 2.59 bits per heavy atom. The Morgan fingerprint density at radius 1 is 1.41 bits per heavy atom. The highest BCUT2D eigenvalue weighted by Crippen LogP contribution is 2.33. The molecule has 1 heterocycles. The maximum absolute atomic E-state index is 13.2. The van der Waals surface area contributed by atoms with E-state index in [2.05, 4.69) is 0 Å². The van der Waals surface area contributed by atoms with Gasteiger partial charge in [0, 0.05) is 31.1 Å². The van der Waals surface area contributed by atoms with E-state index in [4.69, 9.17) is 10.5 Å². The number of nitrogens with two attached hydrogens (primary N) is 1. The second-order valence-corrected chi connectivity index (χ2v) is 3.91. The van der Waals surface area contributed by atoms with Gasteiger partial charge >= 0.3 is 0 Å². The summed E-state index contributed by atoms with van der Waals surface area (Å²) in [6.45, 7) is 0.278. The zero-order valence-electron chi connectivity index (χ0n) is 9.24. The van der Waals surface area contributed by atoms with Crippen LogP contribution in [0.15, 0.2) is 12.1 Å². The van der Waals surface area contributed by atoms with Crippen LogP contribution in [0.2, 0.25) is 0 Å². The molecule has 0 aliphatic carbocycles. The average Bonchev–Trinajstić information content (AvgIpc) is 2.61. The Balaban J connectivity index is 2.44. The lowest BCUT2D eigenvalue weighted by Crippen LogP contribution is -2.28. The first kappa shape index (κ1) is 11.8.